The summed E-state index contributed by atoms with van der Waals surface area (Å²) in [6.45, 7) is 3.73. The van der Waals surface area contributed by atoms with Gasteiger partial charge in [0.15, 0.2) is 0 Å². The molecule has 0 aliphatic rings. The van der Waals surface area contributed by atoms with Gasteiger partial charge in [-0.05, 0) is 31.0 Å². The third kappa shape index (κ3) is 3.88. The first-order chi connectivity index (χ1) is 14.5. The Morgan fingerprint density at radius 3 is 2.60 bits per heavy atom. The molecule has 5 nitrogen and oxygen atoms in total. The van der Waals surface area contributed by atoms with E-state index in [1.807, 2.05) is 62.4 Å². The maximum atomic E-state index is 13.2. The summed E-state index contributed by atoms with van der Waals surface area (Å²) >= 11 is 7.70. The molecule has 1 N–H and O–H groups in total. The lowest BCUT2D eigenvalue weighted by atomic mass is 10.0. The largest absolute Gasteiger partial charge is 0.348 e. The van der Waals surface area contributed by atoms with Crippen LogP contribution in [-0.2, 0) is 11.3 Å². The van der Waals surface area contributed by atoms with Gasteiger partial charge in [0.1, 0.15) is 11.4 Å². The Balaban J connectivity index is 1.64. The summed E-state index contributed by atoms with van der Waals surface area (Å²) in [5.41, 5.74) is 2.46. The summed E-state index contributed by atoms with van der Waals surface area (Å²) in [6, 6.07) is 16.9. The fourth-order valence-corrected chi connectivity index (χ4v) is 4.85. The molecule has 0 aliphatic carbocycles. The Kier molecular flexibility index (Phi) is 5.70. The van der Waals surface area contributed by atoms with Crippen LogP contribution in [0.4, 0.5) is 0 Å². The number of benzene rings is 2. The molecule has 0 fully saturated rings. The normalized spacial score (nSPS) is 12.1. The van der Waals surface area contributed by atoms with Gasteiger partial charge in [-0.1, -0.05) is 60.1 Å². The number of halogens is 1. The Labute approximate surface area is 183 Å². The van der Waals surface area contributed by atoms with Gasteiger partial charge in [0.2, 0.25) is 5.91 Å². The molecule has 0 saturated carbocycles. The molecule has 0 saturated heterocycles. The maximum absolute atomic E-state index is 13.2. The molecule has 2 aromatic heterocycles. The monoisotopic (exact) mass is 437 g/mol. The van der Waals surface area contributed by atoms with Crippen molar-refractivity contribution >= 4 is 39.1 Å². The lowest BCUT2D eigenvalue weighted by Gasteiger charge is -2.16. The zero-order valence-corrected chi connectivity index (χ0v) is 18.1. The number of amides is 1. The summed E-state index contributed by atoms with van der Waals surface area (Å²) < 4.78 is 1.36. The predicted molar refractivity (Wildman–Crippen MR) is 122 cm³/mol. The minimum atomic E-state index is -0.279. The summed E-state index contributed by atoms with van der Waals surface area (Å²) in [5.74, 6) is -0.279. The number of nitrogens with zero attached hydrogens (tertiary/aromatic N) is 2. The average Bonchev–Trinajstić information content (AvgIpc) is 3.07. The van der Waals surface area contributed by atoms with Crippen LogP contribution >= 0.6 is 22.9 Å². The van der Waals surface area contributed by atoms with Gasteiger partial charge in [-0.15, -0.1) is 11.3 Å². The molecule has 30 heavy (non-hydrogen) atoms. The fraction of sp³-hybridized carbons (Fsp3) is 0.174. The quantitative estimate of drug-likeness (QED) is 0.479. The van der Waals surface area contributed by atoms with Crippen LogP contribution in [0.2, 0.25) is 5.02 Å². The SMILES string of the molecule is Cc1sc2ncn(CC(=O)NC(C)c3ccccc3Cl)c(=O)c2c1-c1ccccc1. The highest BCUT2D eigenvalue weighted by molar-refractivity contribution is 7.19. The number of carbonyl (C=O) groups is 1. The fourth-order valence-electron chi connectivity index (χ4n) is 3.55. The molecule has 2 aromatic carbocycles. The van der Waals surface area contributed by atoms with Gasteiger partial charge in [0, 0.05) is 15.5 Å². The second-order valence-electron chi connectivity index (χ2n) is 7.07. The number of hydrogen-bond acceptors (Lipinski definition) is 4. The van der Waals surface area contributed by atoms with Gasteiger partial charge in [0.05, 0.1) is 17.8 Å². The van der Waals surface area contributed by atoms with Gasteiger partial charge in [-0.3, -0.25) is 14.2 Å². The van der Waals surface area contributed by atoms with E-state index < -0.39 is 0 Å². The molecule has 4 aromatic rings. The summed E-state index contributed by atoms with van der Waals surface area (Å²) in [6.07, 6.45) is 1.44. The summed E-state index contributed by atoms with van der Waals surface area (Å²) in [5, 5.41) is 4.05. The van der Waals surface area contributed by atoms with Crippen molar-refractivity contribution in [3.63, 3.8) is 0 Å². The third-order valence-electron chi connectivity index (χ3n) is 4.98. The first kappa shape index (κ1) is 20.3. The minimum Gasteiger partial charge on any atom is -0.348 e. The molecule has 0 aliphatic heterocycles. The zero-order valence-electron chi connectivity index (χ0n) is 16.6. The van der Waals surface area contributed by atoms with Gasteiger partial charge in [-0.2, -0.15) is 0 Å². The van der Waals surface area contributed by atoms with E-state index in [-0.39, 0.29) is 24.1 Å². The van der Waals surface area contributed by atoms with Crippen LogP contribution < -0.4 is 10.9 Å². The van der Waals surface area contributed by atoms with E-state index in [4.69, 9.17) is 11.6 Å². The topological polar surface area (TPSA) is 64.0 Å². The molecule has 7 heteroatoms. The molecule has 152 valence electrons. The number of rotatable bonds is 5. The minimum absolute atomic E-state index is 0.111. The second-order valence-corrected chi connectivity index (χ2v) is 8.68. The summed E-state index contributed by atoms with van der Waals surface area (Å²) in [4.78, 5) is 32.0. The molecule has 1 unspecified atom stereocenters. The molecular formula is C23H20ClN3O2S. The average molecular weight is 438 g/mol. The van der Waals surface area contributed by atoms with E-state index >= 15 is 0 Å². The van der Waals surface area contributed by atoms with E-state index in [9.17, 15) is 9.59 Å². The van der Waals surface area contributed by atoms with Crippen molar-refractivity contribution in [2.45, 2.75) is 26.4 Å². The third-order valence-corrected chi connectivity index (χ3v) is 6.34. The first-order valence-electron chi connectivity index (χ1n) is 9.53. The molecule has 4 rings (SSSR count). The van der Waals surface area contributed by atoms with Crippen molar-refractivity contribution in [3.8, 4) is 11.1 Å². The van der Waals surface area contributed by atoms with E-state index in [0.717, 1.165) is 21.6 Å². The highest BCUT2D eigenvalue weighted by Gasteiger charge is 2.18. The molecule has 0 spiro atoms. The maximum Gasteiger partial charge on any atom is 0.263 e. The van der Waals surface area contributed by atoms with Crippen LogP contribution in [0.15, 0.2) is 65.7 Å². The van der Waals surface area contributed by atoms with Crippen LogP contribution in [0, 0.1) is 6.92 Å². The van der Waals surface area contributed by atoms with Gasteiger partial charge < -0.3 is 5.32 Å². The lowest BCUT2D eigenvalue weighted by molar-refractivity contribution is -0.122. The van der Waals surface area contributed by atoms with Crippen molar-refractivity contribution in [1.82, 2.24) is 14.9 Å². The van der Waals surface area contributed by atoms with Crippen molar-refractivity contribution in [2.24, 2.45) is 0 Å². The molecule has 2 heterocycles. The van der Waals surface area contributed by atoms with E-state index in [1.165, 1.54) is 22.2 Å². The number of carbonyl (C=O) groups excluding carboxylic acids is 1. The van der Waals surface area contributed by atoms with Gasteiger partial charge in [0.25, 0.3) is 5.56 Å². The van der Waals surface area contributed by atoms with Crippen LogP contribution in [-0.4, -0.2) is 15.5 Å². The molecular weight excluding hydrogens is 418 g/mol. The number of aryl methyl sites for hydroxylation is 1. The van der Waals surface area contributed by atoms with Crippen LogP contribution in [0.1, 0.15) is 23.4 Å². The first-order valence-corrected chi connectivity index (χ1v) is 10.7. The lowest BCUT2D eigenvalue weighted by Crippen LogP contribution is -2.34. The van der Waals surface area contributed by atoms with Crippen molar-refractivity contribution in [1.29, 1.82) is 0 Å². The Morgan fingerprint density at radius 2 is 1.87 bits per heavy atom. The van der Waals surface area contributed by atoms with E-state index in [0.29, 0.717) is 15.2 Å². The number of hydrogen-bond donors (Lipinski definition) is 1. The second kappa shape index (κ2) is 8.42. The smallest absolute Gasteiger partial charge is 0.263 e. The number of aromatic nitrogens is 2. The Morgan fingerprint density at radius 1 is 1.17 bits per heavy atom. The van der Waals surface area contributed by atoms with Crippen molar-refractivity contribution < 1.29 is 4.79 Å². The summed E-state index contributed by atoms with van der Waals surface area (Å²) in [7, 11) is 0. The van der Waals surface area contributed by atoms with Crippen LogP contribution in [0.25, 0.3) is 21.3 Å². The van der Waals surface area contributed by atoms with E-state index in [2.05, 4.69) is 10.3 Å². The standard InChI is InChI=1S/C23H20ClN3O2S/c1-14(17-10-6-7-11-18(17)24)26-19(28)12-27-13-25-22-21(23(27)29)20(15(2)30-22)16-8-4-3-5-9-16/h3-11,13-14H,12H2,1-2H3,(H,26,28). The van der Waals surface area contributed by atoms with Crippen LogP contribution in [0.5, 0.6) is 0 Å². The molecule has 1 amide bonds. The number of nitrogens with one attached hydrogen (secondary N) is 1. The molecule has 0 radical (unpaired) electrons. The van der Waals surface area contributed by atoms with Crippen LogP contribution in [0.3, 0.4) is 0 Å². The number of fused-ring (bicyclic) bond motifs is 1. The van der Waals surface area contributed by atoms with Gasteiger partial charge >= 0.3 is 0 Å². The number of thiophene rings is 1. The molecule has 1 atom stereocenters. The van der Waals surface area contributed by atoms with E-state index in [1.54, 1.807) is 6.07 Å². The highest BCUT2D eigenvalue weighted by Crippen LogP contribution is 2.35. The molecule has 0 bridgehead atoms. The highest BCUT2D eigenvalue weighted by atomic mass is 35.5. The zero-order chi connectivity index (χ0) is 21.3. The Hall–Kier alpha value is -2.96. The van der Waals surface area contributed by atoms with Crippen molar-refractivity contribution in [2.75, 3.05) is 0 Å². The Bertz CT molecular complexity index is 1280. The van der Waals surface area contributed by atoms with Gasteiger partial charge in [-0.25, -0.2) is 4.98 Å². The predicted octanol–water partition coefficient (Wildman–Crippen LogP) is 4.96. The van der Waals surface area contributed by atoms with Crippen molar-refractivity contribution in [3.05, 3.63) is 86.7 Å².